The number of pyridine rings is 2. The van der Waals surface area contributed by atoms with Crippen molar-refractivity contribution in [2.24, 2.45) is 0 Å². The molecular weight excluding hydrogens is 677 g/mol. The largest absolute Gasteiger partial charge is 0.354 e. The molecule has 6 heteroatoms. The number of nitrogens with zero attached hydrogens (tertiary/aromatic N) is 3. The third-order valence-electron chi connectivity index (χ3n) is 12.3. The number of piperazine rings is 1. The fourth-order valence-corrected chi connectivity index (χ4v) is 9.53. The number of hydrogen-bond acceptors (Lipinski definition) is 5. The number of hydrogen-bond donors (Lipinski definition) is 1. The first-order valence-electron chi connectivity index (χ1n) is 20.7. The maximum Gasteiger partial charge on any atom is 0.259 e. The topological polar surface area (TPSA) is 67.2 Å². The number of fused-ring (bicyclic) bond motifs is 2. The van der Waals surface area contributed by atoms with Crippen molar-refractivity contribution in [2.75, 3.05) is 31.1 Å². The maximum atomic E-state index is 14.9. The summed E-state index contributed by atoms with van der Waals surface area (Å²) in [5.74, 6) is 0.958. The van der Waals surface area contributed by atoms with Gasteiger partial charge >= 0.3 is 0 Å². The number of carbonyl (C=O) groups excluding carboxylic acids is 1. The van der Waals surface area contributed by atoms with Crippen LogP contribution in [0.1, 0.15) is 107 Å². The molecule has 1 aliphatic rings. The minimum atomic E-state index is 0.0648. The van der Waals surface area contributed by atoms with Crippen LogP contribution in [0.3, 0.4) is 0 Å². The van der Waals surface area contributed by atoms with Gasteiger partial charge in [0.1, 0.15) is 5.82 Å². The summed E-state index contributed by atoms with van der Waals surface area (Å²) in [4.78, 5) is 35.1. The van der Waals surface area contributed by atoms with E-state index in [1.165, 1.54) is 38.5 Å². The summed E-state index contributed by atoms with van der Waals surface area (Å²) in [6.07, 6.45) is 14.4. The first-order chi connectivity index (χ1) is 26.9. The molecule has 0 atom stereocenters. The fourth-order valence-electron chi connectivity index (χ4n) is 9.53. The highest BCUT2D eigenvalue weighted by Crippen LogP contribution is 2.48. The zero-order chi connectivity index (χ0) is 38.2. The van der Waals surface area contributed by atoms with Gasteiger partial charge in [0.05, 0.1) is 0 Å². The van der Waals surface area contributed by atoms with Gasteiger partial charge in [-0.1, -0.05) is 114 Å². The van der Waals surface area contributed by atoms with Crippen molar-refractivity contribution in [3.8, 4) is 11.1 Å². The molecule has 2 aromatic heterocycles. The summed E-state index contributed by atoms with van der Waals surface area (Å²) in [6, 6.07) is 19.3. The Bertz CT molecular complexity index is 2600. The number of anilines is 1. The van der Waals surface area contributed by atoms with Crippen LogP contribution in [0.2, 0.25) is 0 Å². The van der Waals surface area contributed by atoms with Crippen molar-refractivity contribution >= 4 is 78.1 Å². The molecule has 0 radical (unpaired) electrons. The fraction of sp³-hybridized carbons (Fsp3) is 0.367. The second-order valence-electron chi connectivity index (χ2n) is 15.9. The Morgan fingerprint density at radius 2 is 1.42 bits per heavy atom. The van der Waals surface area contributed by atoms with E-state index >= 15 is 0 Å². The minimum absolute atomic E-state index is 0.0648. The molecule has 7 aromatic rings. The Kier molecular flexibility index (Phi) is 10.5. The van der Waals surface area contributed by atoms with Gasteiger partial charge in [-0.3, -0.25) is 9.59 Å². The number of carbonyl (C=O) groups is 1. The van der Waals surface area contributed by atoms with Crippen LogP contribution in [-0.4, -0.2) is 42.0 Å². The highest BCUT2D eigenvalue weighted by atomic mass is 16.1. The molecule has 0 bridgehead atoms. The highest BCUT2D eigenvalue weighted by molar-refractivity contribution is 6.40. The number of benzene rings is 5. The number of allylic oxidation sites excluding steroid dienone is 1. The zero-order valence-corrected chi connectivity index (χ0v) is 32.9. The van der Waals surface area contributed by atoms with Crippen molar-refractivity contribution < 1.29 is 4.79 Å². The molecule has 1 N–H and O–H groups in total. The number of unbranched alkanes of at least 4 members (excludes halogenated alkanes) is 6. The quantitative estimate of drug-likeness (QED) is 0.0492. The van der Waals surface area contributed by atoms with Gasteiger partial charge in [-0.25, -0.2) is 4.98 Å². The predicted molar refractivity (Wildman–Crippen MR) is 235 cm³/mol. The molecule has 0 aliphatic carbocycles. The van der Waals surface area contributed by atoms with Crippen molar-refractivity contribution in [2.45, 2.75) is 91.0 Å². The molecule has 282 valence electrons. The smallest absolute Gasteiger partial charge is 0.259 e. The van der Waals surface area contributed by atoms with Crippen molar-refractivity contribution in [1.82, 2.24) is 14.9 Å². The van der Waals surface area contributed by atoms with E-state index in [1.54, 1.807) is 0 Å². The summed E-state index contributed by atoms with van der Waals surface area (Å²) in [6.45, 7) is 19.2. The Balaban J connectivity index is 1.41. The monoisotopic (exact) mass is 730 g/mol. The zero-order valence-electron chi connectivity index (χ0n) is 32.9. The number of nitrogens with one attached hydrogen (secondary N) is 1. The second kappa shape index (κ2) is 15.6. The van der Waals surface area contributed by atoms with Crippen LogP contribution in [0.5, 0.6) is 0 Å². The van der Waals surface area contributed by atoms with E-state index < -0.39 is 0 Å². The van der Waals surface area contributed by atoms with Crippen molar-refractivity contribution in [1.29, 1.82) is 0 Å². The Labute approximate surface area is 324 Å². The molecule has 3 heterocycles. The average molecular weight is 731 g/mol. The van der Waals surface area contributed by atoms with Gasteiger partial charge in [0.15, 0.2) is 6.29 Å². The molecule has 8 rings (SSSR count). The van der Waals surface area contributed by atoms with Crippen LogP contribution < -0.4 is 21.1 Å². The molecule has 0 unspecified atom stereocenters. The van der Waals surface area contributed by atoms with Gasteiger partial charge in [-0.2, -0.15) is 0 Å². The van der Waals surface area contributed by atoms with Gasteiger partial charge in [0.25, 0.3) is 5.56 Å². The summed E-state index contributed by atoms with van der Waals surface area (Å²) in [5, 5.41) is 14.3. The number of rotatable bonds is 15. The number of aromatic nitrogens is 2. The van der Waals surface area contributed by atoms with Gasteiger partial charge in [-0.05, 0) is 87.5 Å². The first-order valence-corrected chi connectivity index (χ1v) is 20.7. The Morgan fingerprint density at radius 1 is 0.782 bits per heavy atom. The predicted octanol–water partition coefficient (Wildman–Crippen LogP) is 11.0. The third-order valence-corrected chi connectivity index (χ3v) is 12.3. The maximum absolute atomic E-state index is 14.9. The molecule has 0 amide bonds. The summed E-state index contributed by atoms with van der Waals surface area (Å²) in [5.41, 5.74) is 4.50. The lowest BCUT2D eigenvalue weighted by atomic mass is 9.81. The van der Waals surface area contributed by atoms with Crippen LogP contribution in [-0.2, 0) is 0 Å². The molecule has 0 spiro atoms. The van der Waals surface area contributed by atoms with Crippen LogP contribution in [0.15, 0.2) is 72.2 Å². The van der Waals surface area contributed by atoms with Gasteiger partial charge < -0.3 is 14.8 Å². The second-order valence-corrected chi connectivity index (χ2v) is 15.9. The van der Waals surface area contributed by atoms with Crippen LogP contribution in [0.4, 0.5) is 5.82 Å². The lowest BCUT2D eigenvalue weighted by Gasteiger charge is -2.28. The van der Waals surface area contributed by atoms with E-state index in [0.717, 1.165) is 145 Å². The van der Waals surface area contributed by atoms with E-state index in [-0.39, 0.29) is 11.6 Å². The van der Waals surface area contributed by atoms with E-state index in [4.69, 9.17) is 4.98 Å². The Morgan fingerprint density at radius 3 is 2.07 bits per heavy atom. The Hall–Kier alpha value is -5.07. The van der Waals surface area contributed by atoms with Gasteiger partial charge in [0, 0.05) is 76.4 Å². The van der Waals surface area contributed by atoms with E-state index in [9.17, 15) is 9.59 Å². The standard InChI is InChI=1S/C49H54N4O2/c1-6-8-10-12-14-35(15-13-11-9-7-2)53-32(5)37-18-20-38-39-19-17-36(31(3)4)44-34(30-54)28-42(33-16-23-43(51-29-33)52-26-24-50-25-27-52)47(48(39)44)40-21-22-41(49(53)55)45(37)46(38)40/h16-23,28-30,35,50H,3,5-15,24-27H2,1-2,4H3. The van der Waals surface area contributed by atoms with Gasteiger partial charge in [-0.15, -0.1) is 0 Å². The molecule has 5 aromatic carbocycles. The molecule has 0 saturated carbocycles. The van der Waals surface area contributed by atoms with E-state index in [1.807, 2.05) is 19.2 Å². The van der Waals surface area contributed by atoms with Crippen molar-refractivity contribution in [3.05, 3.63) is 94.2 Å². The molecule has 1 aliphatic heterocycles. The lowest BCUT2D eigenvalue weighted by Crippen LogP contribution is -2.43. The molecule has 55 heavy (non-hydrogen) atoms. The third kappa shape index (κ3) is 6.38. The lowest BCUT2D eigenvalue weighted by molar-refractivity contribution is 0.112. The summed E-state index contributed by atoms with van der Waals surface area (Å²) >= 11 is 0. The van der Waals surface area contributed by atoms with Crippen LogP contribution >= 0.6 is 0 Å². The SMILES string of the molecule is C=C(C)c1ccc2c3ccc4c(=C)n(C(CCCCCC)CCCCCC)c(=O)c5ccc(c6c(-c7ccc(N8CCNCC8)nc7)cc(C=O)c1c26)c3c45. The normalized spacial score (nSPS) is 13.8. The first kappa shape index (κ1) is 36.9. The highest BCUT2D eigenvalue weighted by Gasteiger charge is 2.25. The molecule has 6 nitrogen and oxygen atoms in total. The average Bonchev–Trinajstić information content (AvgIpc) is 3.21. The van der Waals surface area contributed by atoms with Gasteiger partial charge in [0.2, 0.25) is 0 Å². The molecule has 1 fully saturated rings. The van der Waals surface area contributed by atoms with Crippen LogP contribution in [0, 0.1) is 0 Å². The van der Waals surface area contributed by atoms with E-state index in [2.05, 4.69) is 90.3 Å². The summed E-state index contributed by atoms with van der Waals surface area (Å²) in [7, 11) is 0. The molecule has 1 saturated heterocycles. The van der Waals surface area contributed by atoms with Crippen LogP contribution in [0.25, 0.3) is 77.1 Å². The molecular formula is C49H54N4O2. The van der Waals surface area contributed by atoms with Crippen molar-refractivity contribution in [3.63, 3.8) is 0 Å². The minimum Gasteiger partial charge on any atom is -0.354 e. The summed E-state index contributed by atoms with van der Waals surface area (Å²) < 4.78 is 2.06. The van der Waals surface area contributed by atoms with E-state index in [0.29, 0.717) is 5.56 Å². The number of aldehydes is 1.